The molecule has 0 fully saturated rings. The lowest BCUT2D eigenvalue weighted by atomic mass is 10.2. The summed E-state index contributed by atoms with van der Waals surface area (Å²) in [6.07, 6.45) is -0.206. The lowest BCUT2D eigenvalue weighted by molar-refractivity contribution is -0.139. The highest BCUT2D eigenvalue weighted by Crippen LogP contribution is 2.08. The zero-order valence-corrected chi connectivity index (χ0v) is 11.3. The number of carbonyl (C=O) groups is 1. The third kappa shape index (κ3) is 4.97. The fourth-order valence-corrected chi connectivity index (χ4v) is 2.88. The van der Waals surface area contributed by atoms with Crippen LogP contribution in [0.1, 0.15) is 17.5 Å². The fraction of sp³-hybridized carbons (Fsp3) is 0.333. The molecule has 0 spiro atoms. The Morgan fingerprint density at radius 1 is 1.35 bits per heavy atom. The molecule has 1 rings (SSSR count). The molecular weight excluding hydrogens is 284 g/mol. The van der Waals surface area contributed by atoms with Gasteiger partial charge in [0.2, 0.25) is 10.0 Å². The van der Waals surface area contributed by atoms with Crippen molar-refractivity contribution in [3.8, 4) is 6.07 Å². The number of nitrogens with one attached hydrogen (secondary N) is 1. The Morgan fingerprint density at radius 2 is 1.95 bits per heavy atom. The van der Waals surface area contributed by atoms with E-state index < -0.39 is 34.4 Å². The van der Waals surface area contributed by atoms with Gasteiger partial charge in [-0.25, -0.2) is 13.1 Å². The molecule has 0 aliphatic carbocycles. The predicted molar refractivity (Wildman–Crippen MR) is 70.0 cm³/mol. The smallest absolute Gasteiger partial charge is 0.321 e. The quantitative estimate of drug-likeness (QED) is 0.640. The van der Waals surface area contributed by atoms with Gasteiger partial charge in [-0.2, -0.15) is 5.26 Å². The van der Waals surface area contributed by atoms with Crippen LogP contribution in [-0.4, -0.2) is 37.2 Å². The molecule has 0 amide bonds. The van der Waals surface area contributed by atoms with E-state index in [4.69, 9.17) is 15.5 Å². The normalized spacial score (nSPS) is 12.6. The summed E-state index contributed by atoms with van der Waals surface area (Å²) in [5.74, 6) is -1.74. The number of aliphatic hydroxyl groups is 1. The van der Waals surface area contributed by atoms with Crippen molar-refractivity contribution in [1.29, 1.82) is 5.26 Å². The number of sulfonamides is 1. The summed E-state index contributed by atoms with van der Waals surface area (Å²) >= 11 is 0. The van der Waals surface area contributed by atoms with Crippen LogP contribution in [0, 0.1) is 11.3 Å². The lowest BCUT2D eigenvalue weighted by Crippen LogP contribution is -2.41. The van der Waals surface area contributed by atoms with Gasteiger partial charge in [-0.3, -0.25) is 4.79 Å². The minimum absolute atomic E-state index is 0.206. The van der Waals surface area contributed by atoms with Gasteiger partial charge in [0.05, 0.1) is 17.4 Å². The minimum atomic E-state index is -3.85. The van der Waals surface area contributed by atoms with Crippen molar-refractivity contribution < 1.29 is 23.4 Å². The first-order valence-corrected chi connectivity index (χ1v) is 7.36. The fourth-order valence-electron chi connectivity index (χ4n) is 1.52. The second kappa shape index (κ2) is 7.00. The molecule has 0 saturated heterocycles. The van der Waals surface area contributed by atoms with Crippen molar-refractivity contribution in [2.24, 2.45) is 0 Å². The van der Waals surface area contributed by atoms with Crippen molar-refractivity contribution in [2.75, 3.05) is 6.61 Å². The van der Waals surface area contributed by atoms with Crippen LogP contribution in [0.15, 0.2) is 24.3 Å². The summed E-state index contributed by atoms with van der Waals surface area (Å²) in [6.45, 7) is -0.434. The molecule has 0 heterocycles. The van der Waals surface area contributed by atoms with Crippen LogP contribution in [0.5, 0.6) is 0 Å². The standard InChI is InChI=1S/C12H14N2O5S/c13-7-9-1-3-10(4-2-9)8-20(18,19)14-11(5-6-15)12(16)17/h1-4,11,14-15H,5-6,8H2,(H,16,17)/t11-/m0/s1. The van der Waals surface area contributed by atoms with Crippen molar-refractivity contribution in [3.63, 3.8) is 0 Å². The average Bonchev–Trinajstić information content (AvgIpc) is 2.38. The Hall–Kier alpha value is -1.95. The number of nitrogens with zero attached hydrogens (tertiary/aromatic N) is 1. The maximum absolute atomic E-state index is 11.8. The van der Waals surface area contributed by atoms with Crippen LogP contribution in [0.4, 0.5) is 0 Å². The van der Waals surface area contributed by atoms with E-state index in [1.807, 2.05) is 10.8 Å². The third-order valence-electron chi connectivity index (χ3n) is 2.48. The second-order valence-electron chi connectivity index (χ2n) is 4.09. The third-order valence-corrected chi connectivity index (χ3v) is 3.83. The van der Waals surface area contributed by atoms with E-state index in [1.54, 1.807) is 0 Å². The molecule has 0 radical (unpaired) electrons. The Morgan fingerprint density at radius 3 is 2.40 bits per heavy atom. The maximum atomic E-state index is 11.8. The van der Waals surface area contributed by atoms with Crippen LogP contribution >= 0.6 is 0 Å². The summed E-state index contributed by atoms with van der Waals surface area (Å²) in [6, 6.07) is 6.48. The summed E-state index contributed by atoms with van der Waals surface area (Å²) < 4.78 is 25.7. The van der Waals surface area contributed by atoms with Gasteiger partial charge >= 0.3 is 5.97 Å². The lowest BCUT2D eigenvalue weighted by Gasteiger charge is -2.13. The van der Waals surface area contributed by atoms with Crippen LogP contribution < -0.4 is 4.72 Å². The maximum Gasteiger partial charge on any atom is 0.321 e. The van der Waals surface area contributed by atoms with E-state index in [9.17, 15) is 13.2 Å². The SMILES string of the molecule is N#Cc1ccc(CS(=O)(=O)N[C@@H](CCO)C(=O)O)cc1. The molecule has 7 nitrogen and oxygen atoms in total. The van der Waals surface area contributed by atoms with Crippen molar-refractivity contribution in [3.05, 3.63) is 35.4 Å². The van der Waals surface area contributed by atoms with Gasteiger partial charge in [0.1, 0.15) is 6.04 Å². The number of benzene rings is 1. The van der Waals surface area contributed by atoms with Gasteiger partial charge in [-0.15, -0.1) is 0 Å². The van der Waals surface area contributed by atoms with Gasteiger partial charge < -0.3 is 10.2 Å². The highest BCUT2D eigenvalue weighted by Gasteiger charge is 2.23. The van der Waals surface area contributed by atoms with Gasteiger partial charge in [0.25, 0.3) is 0 Å². The summed E-state index contributed by atoms with van der Waals surface area (Å²) in [4.78, 5) is 10.8. The zero-order valence-electron chi connectivity index (χ0n) is 10.5. The average molecular weight is 298 g/mol. The molecule has 0 aliphatic heterocycles. The molecule has 0 saturated carbocycles. The first-order valence-electron chi connectivity index (χ1n) is 5.70. The molecule has 1 atom stereocenters. The monoisotopic (exact) mass is 298 g/mol. The van der Waals surface area contributed by atoms with E-state index in [-0.39, 0.29) is 6.42 Å². The highest BCUT2D eigenvalue weighted by atomic mass is 32.2. The Kier molecular flexibility index (Phi) is 5.64. The Labute approximate surface area is 116 Å². The van der Waals surface area contributed by atoms with Crippen LogP contribution in [0.2, 0.25) is 0 Å². The van der Waals surface area contributed by atoms with E-state index in [2.05, 4.69) is 0 Å². The van der Waals surface area contributed by atoms with Crippen molar-refractivity contribution >= 4 is 16.0 Å². The molecule has 108 valence electrons. The summed E-state index contributed by atoms with van der Waals surface area (Å²) in [5.41, 5.74) is 0.840. The van der Waals surface area contributed by atoms with Gasteiger partial charge in [0.15, 0.2) is 0 Å². The number of hydrogen-bond donors (Lipinski definition) is 3. The molecule has 0 aliphatic rings. The van der Waals surface area contributed by atoms with Crippen molar-refractivity contribution in [1.82, 2.24) is 4.72 Å². The minimum Gasteiger partial charge on any atom is -0.480 e. The van der Waals surface area contributed by atoms with Crippen LogP contribution in [0.25, 0.3) is 0 Å². The number of aliphatic carboxylic acids is 1. The number of aliphatic hydroxyl groups excluding tert-OH is 1. The number of carboxylic acids is 1. The molecule has 0 aromatic heterocycles. The zero-order chi connectivity index (χ0) is 15.2. The van der Waals surface area contributed by atoms with E-state index in [0.717, 1.165) is 0 Å². The first-order chi connectivity index (χ1) is 9.38. The topological polar surface area (TPSA) is 127 Å². The van der Waals surface area contributed by atoms with Gasteiger partial charge in [-0.05, 0) is 24.1 Å². The molecule has 0 bridgehead atoms. The largest absolute Gasteiger partial charge is 0.480 e. The van der Waals surface area contributed by atoms with Crippen molar-refractivity contribution in [2.45, 2.75) is 18.2 Å². The van der Waals surface area contributed by atoms with E-state index in [0.29, 0.717) is 11.1 Å². The molecule has 0 unspecified atom stereocenters. The van der Waals surface area contributed by atoms with E-state index in [1.165, 1.54) is 24.3 Å². The summed E-state index contributed by atoms with van der Waals surface area (Å²) in [5, 5.41) is 26.2. The van der Waals surface area contributed by atoms with E-state index >= 15 is 0 Å². The Bertz CT molecular complexity index is 604. The van der Waals surface area contributed by atoms with Crippen LogP contribution in [0.3, 0.4) is 0 Å². The first kappa shape index (κ1) is 16.1. The molecular formula is C12H14N2O5S. The molecule has 20 heavy (non-hydrogen) atoms. The number of nitriles is 1. The molecule has 8 heteroatoms. The van der Waals surface area contributed by atoms with Gasteiger partial charge in [0, 0.05) is 6.61 Å². The highest BCUT2D eigenvalue weighted by molar-refractivity contribution is 7.88. The predicted octanol–water partition coefficient (Wildman–Crippen LogP) is -0.187. The molecule has 1 aromatic carbocycles. The summed E-state index contributed by atoms with van der Waals surface area (Å²) in [7, 11) is -3.85. The van der Waals surface area contributed by atoms with Gasteiger partial charge in [-0.1, -0.05) is 12.1 Å². The molecule has 3 N–H and O–H groups in total. The second-order valence-corrected chi connectivity index (χ2v) is 5.84. The molecule has 1 aromatic rings. The number of hydrogen-bond acceptors (Lipinski definition) is 5. The number of carboxylic acid groups (broad SMARTS) is 1. The van der Waals surface area contributed by atoms with Crippen LogP contribution in [-0.2, 0) is 20.6 Å². The Balaban J connectivity index is 2.78. The number of rotatable bonds is 7.